The van der Waals surface area contributed by atoms with Gasteiger partial charge in [0.1, 0.15) is 0 Å². The predicted molar refractivity (Wildman–Crippen MR) is 96.7 cm³/mol. The molecule has 1 aromatic carbocycles. The number of aromatic nitrogens is 2. The van der Waals surface area contributed by atoms with E-state index in [-0.39, 0.29) is 11.9 Å². The number of aromatic amines is 1. The number of carbonyl (C=O) groups excluding carboxylic acids is 1. The molecule has 1 aliphatic rings. The van der Waals surface area contributed by atoms with Crippen LogP contribution in [0, 0.1) is 0 Å². The molecule has 6 heteroatoms. The second-order valence-corrected chi connectivity index (χ2v) is 6.07. The van der Waals surface area contributed by atoms with Gasteiger partial charge in [0, 0.05) is 17.6 Å². The van der Waals surface area contributed by atoms with Crippen molar-refractivity contribution in [2.45, 2.75) is 32.2 Å². The number of carbonyl (C=O) groups is 1. The summed E-state index contributed by atoms with van der Waals surface area (Å²) in [6, 6.07) is 6.12. The molecule has 0 radical (unpaired) electrons. The molecule has 1 saturated carbocycles. The summed E-state index contributed by atoms with van der Waals surface area (Å²) in [7, 11) is 0. The quantitative estimate of drug-likeness (QED) is 0.583. The van der Waals surface area contributed by atoms with E-state index in [9.17, 15) is 4.79 Å². The molecule has 124 valence electrons. The van der Waals surface area contributed by atoms with E-state index in [0.29, 0.717) is 11.4 Å². The monoisotopic (exact) mass is 323 g/mol. The van der Waals surface area contributed by atoms with Gasteiger partial charge in [-0.2, -0.15) is 5.10 Å². The van der Waals surface area contributed by atoms with Crippen molar-refractivity contribution in [3.05, 3.63) is 47.4 Å². The summed E-state index contributed by atoms with van der Waals surface area (Å²) in [6.07, 6.45) is 6.59. The topological polar surface area (TPSA) is 96.2 Å². The fourth-order valence-electron chi connectivity index (χ4n) is 2.71. The van der Waals surface area contributed by atoms with Crippen LogP contribution in [0.3, 0.4) is 0 Å². The van der Waals surface area contributed by atoms with E-state index in [1.807, 2.05) is 31.2 Å². The van der Waals surface area contributed by atoms with E-state index < -0.39 is 0 Å². The maximum atomic E-state index is 12.4. The minimum atomic E-state index is -0.125. The molecule has 0 saturated heterocycles. The average molecular weight is 323 g/mol. The molecule has 0 atom stereocenters. The number of aliphatic imine (C=N–C) groups is 1. The lowest BCUT2D eigenvalue weighted by Gasteiger charge is -2.25. The Morgan fingerprint density at radius 2 is 2.29 bits per heavy atom. The number of allylic oxidation sites excluding steroid dienone is 2. The van der Waals surface area contributed by atoms with Crippen LogP contribution >= 0.6 is 0 Å². The van der Waals surface area contributed by atoms with Crippen LogP contribution in [-0.2, 0) is 0 Å². The summed E-state index contributed by atoms with van der Waals surface area (Å²) in [5.74, 6) is -0.125. The van der Waals surface area contributed by atoms with Gasteiger partial charge in [-0.25, -0.2) is 0 Å². The zero-order chi connectivity index (χ0) is 17.1. The Labute approximate surface area is 140 Å². The largest absolute Gasteiger partial charge is 0.397 e. The van der Waals surface area contributed by atoms with Gasteiger partial charge in [-0.05, 0) is 62.2 Å². The van der Waals surface area contributed by atoms with E-state index in [1.165, 1.54) is 12.6 Å². The van der Waals surface area contributed by atoms with Crippen LogP contribution in [0.5, 0.6) is 0 Å². The maximum Gasteiger partial charge on any atom is 0.272 e. The molecule has 4 N–H and O–H groups in total. The average Bonchev–Trinajstić information content (AvgIpc) is 2.94. The first-order valence-corrected chi connectivity index (χ1v) is 7.97. The number of hydrogen-bond acceptors (Lipinski definition) is 4. The van der Waals surface area contributed by atoms with Crippen LogP contribution < -0.4 is 11.1 Å². The number of hydrogen-bond donors (Lipinski definition) is 3. The minimum absolute atomic E-state index is 0.125. The van der Waals surface area contributed by atoms with Gasteiger partial charge in [0.25, 0.3) is 5.91 Å². The molecule has 1 heterocycles. The number of fused-ring (bicyclic) bond motifs is 1. The predicted octanol–water partition coefficient (Wildman–Crippen LogP) is 2.75. The molecule has 24 heavy (non-hydrogen) atoms. The summed E-state index contributed by atoms with van der Waals surface area (Å²) in [5, 5.41) is 10.9. The van der Waals surface area contributed by atoms with Crippen LogP contribution in [0.15, 0.2) is 41.2 Å². The summed E-state index contributed by atoms with van der Waals surface area (Å²) >= 11 is 0. The SMILES string of the molecule is C=N/C=C(N)\C=C(/C)c1ccc2[nH]nc(C(=O)NC3CCC3)c2c1. The van der Waals surface area contributed by atoms with Crippen LogP contribution in [-0.4, -0.2) is 28.9 Å². The van der Waals surface area contributed by atoms with Gasteiger partial charge in [0.15, 0.2) is 5.69 Å². The van der Waals surface area contributed by atoms with E-state index in [1.54, 1.807) is 0 Å². The van der Waals surface area contributed by atoms with Gasteiger partial charge in [-0.15, -0.1) is 0 Å². The van der Waals surface area contributed by atoms with Gasteiger partial charge in [-0.3, -0.25) is 14.9 Å². The molecule has 1 aromatic heterocycles. The second-order valence-electron chi connectivity index (χ2n) is 6.07. The van der Waals surface area contributed by atoms with Crippen molar-refractivity contribution in [1.82, 2.24) is 15.5 Å². The number of nitrogens with two attached hydrogens (primary N) is 1. The number of amides is 1. The first kappa shape index (κ1) is 16.0. The highest BCUT2D eigenvalue weighted by molar-refractivity contribution is 6.05. The molecule has 1 fully saturated rings. The molecule has 1 amide bonds. The number of rotatable bonds is 5. The summed E-state index contributed by atoms with van der Waals surface area (Å²) in [5.41, 5.74) is 9.58. The summed E-state index contributed by atoms with van der Waals surface area (Å²) in [6.45, 7) is 5.35. The van der Waals surface area contributed by atoms with Gasteiger partial charge in [0.05, 0.1) is 11.2 Å². The van der Waals surface area contributed by atoms with Gasteiger partial charge in [-0.1, -0.05) is 6.07 Å². The lowest BCUT2D eigenvalue weighted by Crippen LogP contribution is -2.39. The lowest BCUT2D eigenvalue weighted by atomic mass is 9.93. The molecular formula is C18H21N5O. The highest BCUT2D eigenvalue weighted by atomic mass is 16.2. The lowest BCUT2D eigenvalue weighted by molar-refractivity contribution is 0.0913. The third-order valence-corrected chi connectivity index (χ3v) is 4.30. The number of nitrogens with zero attached hydrogens (tertiary/aromatic N) is 2. The van der Waals surface area contributed by atoms with Crippen molar-refractivity contribution in [2.24, 2.45) is 10.7 Å². The Hall–Kier alpha value is -2.89. The van der Waals surface area contributed by atoms with Crippen LogP contribution in [0.25, 0.3) is 16.5 Å². The van der Waals surface area contributed by atoms with E-state index in [4.69, 9.17) is 5.73 Å². The fraction of sp³-hybridized carbons (Fsp3) is 0.278. The van der Waals surface area contributed by atoms with E-state index in [0.717, 1.165) is 34.9 Å². The summed E-state index contributed by atoms with van der Waals surface area (Å²) in [4.78, 5) is 16.1. The van der Waals surface area contributed by atoms with Crippen LogP contribution in [0.2, 0.25) is 0 Å². The Morgan fingerprint density at radius 1 is 1.50 bits per heavy atom. The zero-order valence-corrected chi connectivity index (χ0v) is 13.7. The van der Waals surface area contributed by atoms with Crippen molar-refractivity contribution in [2.75, 3.05) is 0 Å². The zero-order valence-electron chi connectivity index (χ0n) is 13.7. The van der Waals surface area contributed by atoms with Gasteiger partial charge >= 0.3 is 0 Å². The smallest absolute Gasteiger partial charge is 0.272 e. The third kappa shape index (κ3) is 3.22. The summed E-state index contributed by atoms with van der Waals surface area (Å²) < 4.78 is 0. The highest BCUT2D eigenvalue weighted by Crippen LogP contribution is 2.24. The van der Waals surface area contributed by atoms with Crippen molar-refractivity contribution in [3.63, 3.8) is 0 Å². The molecule has 0 bridgehead atoms. The molecular weight excluding hydrogens is 302 g/mol. The van der Waals surface area contributed by atoms with Gasteiger partial charge in [0.2, 0.25) is 0 Å². The van der Waals surface area contributed by atoms with Crippen molar-refractivity contribution >= 4 is 29.1 Å². The first-order valence-electron chi connectivity index (χ1n) is 7.97. The standard InChI is InChI=1S/C18H21N5O/c1-11(8-13(19)10-20-2)12-6-7-16-15(9-12)17(23-22-16)18(24)21-14-4-3-5-14/h6-10,14H,2-5,19H2,1H3,(H,21,24)(H,22,23)/b11-8+,13-10+. The molecule has 6 nitrogen and oxygen atoms in total. The first-order chi connectivity index (χ1) is 11.6. The molecule has 2 aromatic rings. The third-order valence-electron chi connectivity index (χ3n) is 4.30. The number of H-pyrrole nitrogens is 1. The molecule has 3 rings (SSSR count). The Bertz CT molecular complexity index is 842. The van der Waals surface area contributed by atoms with Crippen LogP contribution in [0.4, 0.5) is 0 Å². The van der Waals surface area contributed by atoms with Gasteiger partial charge < -0.3 is 11.1 Å². The Morgan fingerprint density at radius 3 is 2.96 bits per heavy atom. The second kappa shape index (κ2) is 6.70. The number of nitrogens with one attached hydrogen (secondary N) is 2. The Balaban J connectivity index is 1.91. The molecule has 0 spiro atoms. The van der Waals surface area contributed by atoms with Crippen LogP contribution in [0.1, 0.15) is 42.2 Å². The van der Waals surface area contributed by atoms with E-state index in [2.05, 4.69) is 27.2 Å². The molecule has 0 unspecified atom stereocenters. The van der Waals surface area contributed by atoms with E-state index >= 15 is 0 Å². The Kier molecular flexibility index (Phi) is 4.46. The molecule has 1 aliphatic carbocycles. The maximum absolute atomic E-state index is 12.4. The normalized spacial score (nSPS) is 16.0. The minimum Gasteiger partial charge on any atom is -0.397 e. The fourth-order valence-corrected chi connectivity index (χ4v) is 2.71. The van der Waals surface area contributed by atoms with Crippen molar-refractivity contribution in [1.29, 1.82) is 0 Å². The van der Waals surface area contributed by atoms with Crippen molar-refractivity contribution in [3.8, 4) is 0 Å². The molecule has 0 aliphatic heterocycles. The number of benzene rings is 1. The van der Waals surface area contributed by atoms with Crippen molar-refractivity contribution < 1.29 is 4.79 Å². The highest BCUT2D eigenvalue weighted by Gasteiger charge is 2.22.